The molecule has 4 aromatic rings. The maximum atomic E-state index is 13.4. The molecule has 4 rings (SSSR count). The van der Waals surface area contributed by atoms with E-state index >= 15 is 0 Å². The summed E-state index contributed by atoms with van der Waals surface area (Å²) in [6.07, 6.45) is 3.96. The summed E-state index contributed by atoms with van der Waals surface area (Å²) in [5.41, 5.74) is 3.81. The largest absolute Gasteiger partial charge is 0.497 e. The van der Waals surface area contributed by atoms with Crippen LogP contribution in [0.25, 0.3) is 17.1 Å². The van der Waals surface area contributed by atoms with Crippen molar-refractivity contribution in [1.82, 2.24) is 9.55 Å². The van der Waals surface area contributed by atoms with Crippen molar-refractivity contribution in [1.29, 1.82) is 0 Å². The summed E-state index contributed by atoms with van der Waals surface area (Å²) in [6, 6.07) is 20.8. The number of allylic oxidation sites excluding steroid dienone is 1. The Hall–Kier alpha value is -4.23. The lowest BCUT2D eigenvalue weighted by Gasteiger charge is -2.20. The number of ether oxygens (including phenoxy) is 2. The molecule has 7 nitrogen and oxygen atoms in total. The van der Waals surface area contributed by atoms with Gasteiger partial charge in [0.05, 0.1) is 24.8 Å². The Kier molecular flexibility index (Phi) is 7.55. The van der Waals surface area contributed by atoms with E-state index in [2.05, 4.69) is 4.98 Å². The molecule has 0 aliphatic heterocycles. The van der Waals surface area contributed by atoms with E-state index in [1.165, 1.54) is 13.8 Å². The fourth-order valence-corrected chi connectivity index (χ4v) is 3.77. The number of hydrogen-bond acceptors (Lipinski definition) is 5. The first-order valence-corrected chi connectivity index (χ1v) is 12.0. The van der Waals surface area contributed by atoms with Crippen molar-refractivity contribution in [2.75, 3.05) is 7.11 Å². The zero-order valence-corrected chi connectivity index (χ0v) is 21.4. The number of aryl methyl sites for hydroxylation is 1. The molecule has 1 heterocycles. The SMILES string of the molecule is COc1ccc2c(c1)nc(C(=O)c1ccc(C)cc1)n2CC=Cc1ccc(COC(C)(C)C(=O)O)cc1. The number of nitrogens with zero attached hydrogens (tertiary/aromatic N) is 2. The van der Waals surface area contributed by atoms with Crippen LogP contribution in [0.2, 0.25) is 0 Å². The Balaban J connectivity index is 1.55. The number of carboxylic acid groups (broad SMARTS) is 1. The minimum atomic E-state index is -1.25. The number of carbonyl (C=O) groups is 2. The second-order valence-corrected chi connectivity index (χ2v) is 9.34. The predicted octanol–water partition coefficient (Wildman–Crippen LogP) is 5.68. The molecule has 3 aromatic carbocycles. The summed E-state index contributed by atoms with van der Waals surface area (Å²) >= 11 is 0. The second-order valence-electron chi connectivity index (χ2n) is 9.34. The lowest BCUT2D eigenvalue weighted by atomic mass is 10.1. The van der Waals surface area contributed by atoms with Crippen molar-refractivity contribution in [3.63, 3.8) is 0 Å². The maximum absolute atomic E-state index is 13.4. The quantitative estimate of drug-likeness (QED) is 0.283. The van der Waals surface area contributed by atoms with E-state index in [1.807, 2.05) is 90.4 Å². The summed E-state index contributed by atoms with van der Waals surface area (Å²) in [4.78, 5) is 29.2. The van der Waals surface area contributed by atoms with E-state index in [0.717, 1.165) is 22.2 Å². The third kappa shape index (κ3) is 5.95. The summed E-state index contributed by atoms with van der Waals surface area (Å²) in [5.74, 6) is -0.0990. The van der Waals surface area contributed by atoms with Gasteiger partial charge in [-0.25, -0.2) is 9.78 Å². The fourth-order valence-electron chi connectivity index (χ4n) is 3.77. The third-order valence-corrected chi connectivity index (χ3v) is 6.16. The van der Waals surface area contributed by atoms with Crippen LogP contribution in [0.15, 0.2) is 72.8 Å². The van der Waals surface area contributed by atoms with Crippen molar-refractivity contribution in [3.8, 4) is 5.75 Å². The molecule has 0 radical (unpaired) electrons. The smallest absolute Gasteiger partial charge is 0.335 e. The number of aliphatic carboxylic acids is 1. The topological polar surface area (TPSA) is 90.6 Å². The fraction of sp³-hybridized carbons (Fsp3) is 0.233. The number of fused-ring (bicyclic) bond motifs is 1. The lowest BCUT2D eigenvalue weighted by Crippen LogP contribution is -2.34. The van der Waals surface area contributed by atoms with Gasteiger partial charge in [-0.15, -0.1) is 0 Å². The zero-order valence-electron chi connectivity index (χ0n) is 21.4. The highest BCUT2D eigenvalue weighted by atomic mass is 16.5. The molecule has 0 bridgehead atoms. The van der Waals surface area contributed by atoms with Crippen LogP contribution in [-0.2, 0) is 22.7 Å². The van der Waals surface area contributed by atoms with Gasteiger partial charge in [-0.2, -0.15) is 0 Å². The highest BCUT2D eigenvalue weighted by Gasteiger charge is 2.27. The molecular formula is C30H30N2O5. The van der Waals surface area contributed by atoms with Crippen molar-refractivity contribution in [3.05, 3.63) is 101 Å². The Morgan fingerprint density at radius 1 is 1.03 bits per heavy atom. The lowest BCUT2D eigenvalue weighted by molar-refractivity contribution is -0.162. The summed E-state index contributed by atoms with van der Waals surface area (Å²) in [5, 5.41) is 9.19. The Morgan fingerprint density at radius 3 is 2.38 bits per heavy atom. The van der Waals surface area contributed by atoms with Gasteiger partial charge in [-0.1, -0.05) is 66.2 Å². The van der Waals surface area contributed by atoms with Crippen LogP contribution in [0.3, 0.4) is 0 Å². The molecule has 0 amide bonds. The van der Waals surface area contributed by atoms with Gasteiger partial charge in [0.15, 0.2) is 11.4 Å². The van der Waals surface area contributed by atoms with Crippen LogP contribution < -0.4 is 4.74 Å². The van der Waals surface area contributed by atoms with Gasteiger partial charge >= 0.3 is 5.97 Å². The number of imidazole rings is 1. The van der Waals surface area contributed by atoms with Crippen molar-refractivity contribution in [2.45, 2.75) is 39.5 Å². The van der Waals surface area contributed by atoms with Crippen LogP contribution in [0.5, 0.6) is 5.75 Å². The second kappa shape index (κ2) is 10.8. The highest BCUT2D eigenvalue weighted by molar-refractivity contribution is 6.08. The van der Waals surface area contributed by atoms with Crippen molar-refractivity contribution < 1.29 is 24.2 Å². The standard InChI is InChI=1S/C30H30N2O5/c1-20-7-13-23(14-8-20)27(33)28-31-25-18-24(36-4)15-16-26(25)32(28)17-5-6-21-9-11-22(12-10-21)19-37-30(2,3)29(34)35/h5-16,18H,17,19H2,1-4H3,(H,34,35). The number of aromatic nitrogens is 2. The average Bonchev–Trinajstić information content (AvgIpc) is 3.25. The molecule has 190 valence electrons. The summed E-state index contributed by atoms with van der Waals surface area (Å²) in [6.45, 7) is 5.70. The van der Waals surface area contributed by atoms with Gasteiger partial charge < -0.3 is 19.1 Å². The molecule has 1 aromatic heterocycles. The zero-order chi connectivity index (χ0) is 26.6. The number of rotatable bonds is 10. The Labute approximate surface area is 216 Å². The van der Waals surface area contributed by atoms with Crippen LogP contribution in [0.1, 0.15) is 46.7 Å². The number of carbonyl (C=O) groups excluding carboxylic acids is 1. The van der Waals surface area contributed by atoms with Crippen LogP contribution >= 0.6 is 0 Å². The number of carboxylic acids is 1. The van der Waals surface area contributed by atoms with Crippen molar-refractivity contribution in [2.24, 2.45) is 0 Å². The van der Waals surface area contributed by atoms with Gasteiger partial charge in [-0.3, -0.25) is 4.79 Å². The first kappa shape index (κ1) is 25.9. The van der Waals surface area contributed by atoms with E-state index in [1.54, 1.807) is 7.11 Å². The maximum Gasteiger partial charge on any atom is 0.335 e. The molecule has 0 unspecified atom stereocenters. The predicted molar refractivity (Wildman–Crippen MR) is 143 cm³/mol. The monoisotopic (exact) mass is 498 g/mol. The van der Waals surface area contributed by atoms with Gasteiger partial charge in [0.1, 0.15) is 5.75 Å². The van der Waals surface area contributed by atoms with Crippen LogP contribution in [0.4, 0.5) is 0 Å². The highest BCUT2D eigenvalue weighted by Crippen LogP contribution is 2.24. The molecule has 0 aliphatic carbocycles. The van der Waals surface area contributed by atoms with Crippen molar-refractivity contribution >= 4 is 28.9 Å². The Bertz CT molecular complexity index is 1450. The average molecular weight is 499 g/mol. The van der Waals surface area contributed by atoms with Gasteiger partial charge in [0.25, 0.3) is 0 Å². The summed E-state index contributed by atoms with van der Waals surface area (Å²) in [7, 11) is 1.60. The molecule has 0 saturated carbocycles. The minimum Gasteiger partial charge on any atom is -0.497 e. The van der Waals surface area contributed by atoms with E-state index in [4.69, 9.17) is 9.47 Å². The molecule has 0 spiro atoms. The normalized spacial score (nSPS) is 11.8. The molecule has 37 heavy (non-hydrogen) atoms. The molecule has 0 aliphatic rings. The first-order chi connectivity index (χ1) is 17.7. The molecular weight excluding hydrogens is 468 g/mol. The molecule has 1 N–H and O–H groups in total. The number of methoxy groups -OCH3 is 1. The van der Waals surface area contributed by atoms with Gasteiger partial charge in [0, 0.05) is 18.2 Å². The van der Waals surface area contributed by atoms with E-state index in [9.17, 15) is 14.7 Å². The molecule has 0 atom stereocenters. The van der Waals surface area contributed by atoms with Gasteiger partial charge in [-0.05, 0) is 44.0 Å². The van der Waals surface area contributed by atoms with E-state index < -0.39 is 11.6 Å². The summed E-state index contributed by atoms with van der Waals surface area (Å²) < 4.78 is 12.8. The molecule has 0 fully saturated rings. The third-order valence-electron chi connectivity index (χ3n) is 6.16. The number of ketones is 1. The molecule has 7 heteroatoms. The number of benzene rings is 3. The van der Waals surface area contributed by atoms with Crippen LogP contribution in [-0.4, -0.2) is 39.1 Å². The van der Waals surface area contributed by atoms with E-state index in [-0.39, 0.29) is 12.4 Å². The van der Waals surface area contributed by atoms with Crippen LogP contribution in [0, 0.1) is 6.92 Å². The molecule has 0 saturated heterocycles. The Morgan fingerprint density at radius 2 is 1.73 bits per heavy atom. The minimum absolute atomic E-state index is 0.141. The first-order valence-electron chi connectivity index (χ1n) is 12.0. The van der Waals surface area contributed by atoms with Gasteiger partial charge in [0.2, 0.25) is 5.78 Å². The van der Waals surface area contributed by atoms with E-state index in [0.29, 0.717) is 29.2 Å². The number of hydrogen-bond donors (Lipinski definition) is 1.